The number of likely N-dealkylation sites (tertiary alicyclic amines) is 1. The maximum Gasteiger partial charge on any atom is 0.410 e. The van der Waals surface area contributed by atoms with Gasteiger partial charge in [-0.15, -0.1) is 12.4 Å². The summed E-state index contributed by atoms with van der Waals surface area (Å²) in [4.78, 5) is 13.5. The summed E-state index contributed by atoms with van der Waals surface area (Å²) < 4.78 is 5.33. The number of carbonyl (C=O) groups is 1. The zero-order chi connectivity index (χ0) is 12.3. The molecule has 1 rings (SSSR count). The molecule has 0 bridgehead atoms. The minimum Gasteiger partial charge on any atom is -0.444 e. The molecule has 5 heteroatoms. The topological polar surface area (TPSA) is 55.6 Å². The lowest BCUT2D eigenvalue weighted by atomic mass is 9.99. The Morgan fingerprint density at radius 2 is 2.00 bits per heavy atom. The van der Waals surface area contributed by atoms with Crippen molar-refractivity contribution in [3.05, 3.63) is 0 Å². The molecule has 2 N–H and O–H groups in total. The largest absolute Gasteiger partial charge is 0.444 e. The molecule has 1 fully saturated rings. The van der Waals surface area contributed by atoms with E-state index in [1.165, 1.54) is 0 Å². The summed E-state index contributed by atoms with van der Waals surface area (Å²) in [6, 6.07) is 0.104. The first-order valence-corrected chi connectivity index (χ1v) is 6.07. The Morgan fingerprint density at radius 1 is 1.41 bits per heavy atom. The van der Waals surface area contributed by atoms with Gasteiger partial charge >= 0.3 is 6.09 Å². The van der Waals surface area contributed by atoms with Crippen LogP contribution in [0, 0.1) is 5.92 Å². The van der Waals surface area contributed by atoms with E-state index < -0.39 is 5.60 Å². The van der Waals surface area contributed by atoms with Crippen molar-refractivity contribution in [3.8, 4) is 0 Å². The van der Waals surface area contributed by atoms with E-state index in [4.69, 9.17) is 10.5 Å². The van der Waals surface area contributed by atoms with Gasteiger partial charge in [-0.25, -0.2) is 4.79 Å². The van der Waals surface area contributed by atoms with Crippen molar-refractivity contribution in [1.82, 2.24) is 4.90 Å². The molecule has 1 amide bonds. The van der Waals surface area contributed by atoms with E-state index in [0.717, 1.165) is 19.4 Å². The Bertz CT molecular complexity index is 253. The zero-order valence-corrected chi connectivity index (χ0v) is 12.0. The van der Waals surface area contributed by atoms with E-state index in [9.17, 15) is 4.79 Å². The van der Waals surface area contributed by atoms with Gasteiger partial charge in [-0.05, 0) is 33.1 Å². The summed E-state index contributed by atoms with van der Waals surface area (Å²) in [6.45, 7) is 9.14. The number of ether oxygens (including phenoxy) is 1. The van der Waals surface area contributed by atoms with Crippen LogP contribution in [0.25, 0.3) is 0 Å². The van der Waals surface area contributed by atoms with Gasteiger partial charge in [0.15, 0.2) is 0 Å². The molecule has 1 aliphatic rings. The lowest BCUT2D eigenvalue weighted by molar-refractivity contribution is 0.0286. The first kappa shape index (κ1) is 16.5. The number of amides is 1. The fourth-order valence-corrected chi connectivity index (χ4v) is 2.05. The van der Waals surface area contributed by atoms with Crippen LogP contribution in [0.2, 0.25) is 0 Å². The van der Waals surface area contributed by atoms with Crippen molar-refractivity contribution < 1.29 is 9.53 Å². The third kappa shape index (κ3) is 5.13. The highest BCUT2D eigenvalue weighted by Crippen LogP contribution is 2.22. The van der Waals surface area contributed by atoms with Gasteiger partial charge in [0.05, 0.1) is 0 Å². The molecule has 4 nitrogen and oxygen atoms in total. The molecular weight excluding hydrogens is 240 g/mol. The molecule has 0 aromatic rings. The second-order valence-corrected chi connectivity index (χ2v) is 5.60. The van der Waals surface area contributed by atoms with E-state index >= 15 is 0 Å². The second-order valence-electron chi connectivity index (χ2n) is 5.60. The predicted molar refractivity (Wildman–Crippen MR) is 71.4 cm³/mol. The Morgan fingerprint density at radius 3 is 2.47 bits per heavy atom. The molecule has 0 radical (unpaired) electrons. The fourth-order valence-electron chi connectivity index (χ4n) is 2.05. The van der Waals surface area contributed by atoms with E-state index in [-0.39, 0.29) is 24.5 Å². The minimum atomic E-state index is -0.427. The Hall–Kier alpha value is -0.480. The van der Waals surface area contributed by atoms with Gasteiger partial charge < -0.3 is 15.4 Å². The molecule has 1 aliphatic heterocycles. The van der Waals surface area contributed by atoms with Crippen LogP contribution >= 0.6 is 12.4 Å². The lowest BCUT2D eigenvalue weighted by Gasteiger charge is -2.24. The molecule has 2 atom stereocenters. The van der Waals surface area contributed by atoms with Gasteiger partial charge in [0.1, 0.15) is 5.60 Å². The third-order valence-corrected chi connectivity index (χ3v) is 2.80. The Balaban J connectivity index is 0.00000256. The molecule has 1 saturated heterocycles. The molecular formula is C12H25ClN2O2. The standard InChI is InChI=1S/C12H24N2O2.ClH/c1-5-6-9-7-14(8-10(9)13)11(15)16-12(2,3)4;/h9-10H,5-8,13H2,1-4H3;1H/t9-,10+;/m1./s1. The highest BCUT2D eigenvalue weighted by molar-refractivity contribution is 5.85. The second kappa shape index (κ2) is 6.45. The van der Waals surface area contributed by atoms with Crippen LogP contribution in [0.1, 0.15) is 40.5 Å². The first-order chi connectivity index (χ1) is 7.33. The van der Waals surface area contributed by atoms with Crippen molar-refractivity contribution in [2.24, 2.45) is 11.7 Å². The highest BCUT2D eigenvalue weighted by Gasteiger charge is 2.34. The summed E-state index contributed by atoms with van der Waals surface area (Å²) in [6.07, 6.45) is 1.96. The summed E-state index contributed by atoms with van der Waals surface area (Å²) in [5.74, 6) is 0.428. The molecule has 102 valence electrons. The molecule has 0 saturated carbocycles. The van der Waals surface area contributed by atoms with E-state index in [1.54, 1.807) is 4.90 Å². The molecule has 0 aromatic carbocycles. The average molecular weight is 265 g/mol. The van der Waals surface area contributed by atoms with Gasteiger partial charge in [0.25, 0.3) is 0 Å². The quantitative estimate of drug-likeness (QED) is 0.833. The Kier molecular flexibility index (Phi) is 6.27. The molecule has 0 unspecified atom stereocenters. The molecule has 1 heterocycles. The van der Waals surface area contributed by atoms with Gasteiger partial charge in [0, 0.05) is 19.1 Å². The van der Waals surface area contributed by atoms with Crippen LogP contribution in [0.3, 0.4) is 0 Å². The normalized spacial score (nSPS) is 24.4. The number of nitrogens with two attached hydrogens (primary N) is 1. The molecule has 0 aliphatic carbocycles. The van der Waals surface area contributed by atoms with Crippen molar-refractivity contribution in [2.75, 3.05) is 13.1 Å². The molecule has 0 aromatic heterocycles. The van der Waals surface area contributed by atoms with Crippen LogP contribution in [0.4, 0.5) is 4.79 Å². The van der Waals surface area contributed by atoms with Crippen LogP contribution in [-0.2, 0) is 4.74 Å². The fraction of sp³-hybridized carbons (Fsp3) is 0.917. The minimum absolute atomic E-state index is 0. The van der Waals surface area contributed by atoms with Crippen LogP contribution in [-0.4, -0.2) is 35.7 Å². The first-order valence-electron chi connectivity index (χ1n) is 6.07. The Labute approximate surface area is 110 Å². The average Bonchev–Trinajstić information content (AvgIpc) is 2.46. The number of halogens is 1. The third-order valence-electron chi connectivity index (χ3n) is 2.80. The van der Waals surface area contributed by atoms with Gasteiger partial charge in [-0.3, -0.25) is 0 Å². The number of rotatable bonds is 2. The molecule has 0 spiro atoms. The van der Waals surface area contributed by atoms with Gasteiger partial charge in [-0.1, -0.05) is 13.3 Å². The van der Waals surface area contributed by atoms with E-state index in [0.29, 0.717) is 12.5 Å². The van der Waals surface area contributed by atoms with E-state index in [1.807, 2.05) is 20.8 Å². The van der Waals surface area contributed by atoms with Crippen molar-refractivity contribution in [1.29, 1.82) is 0 Å². The summed E-state index contributed by atoms with van der Waals surface area (Å²) in [5.41, 5.74) is 5.58. The monoisotopic (exact) mass is 264 g/mol. The number of carbonyl (C=O) groups excluding carboxylic acids is 1. The van der Waals surface area contributed by atoms with Gasteiger partial charge in [0.2, 0.25) is 0 Å². The summed E-state index contributed by atoms with van der Waals surface area (Å²) >= 11 is 0. The van der Waals surface area contributed by atoms with Crippen LogP contribution in [0.5, 0.6) is 0 Å². The number of hydrogen-bond donors (Lipinski definition) is 1. The number of hydrogen-bond acceptors (Lipinski definition) is 3. The predicted octanol–water partition coefficient (Wildman–Crippen LogP) is 2.40. The SMILES string of the molecule is CCC[C@@H]1CN(C(=O)OC(C)(C)C)C[C@@H]1N.Cl. The smallest absolute Gasteiger partial charge is 0.410 e. The van der Waals surface area contributed by atoms with Crippen molar-refractivity contribution in [3.63, 3.8) is 0 Å². The van der Waals surface area contributed by atoms with E-state index in [2.05, 4.69) is 6.92 Å². The molecule has 17 heavy (non-hydrogen) atoms. The summed E-state index contributed by atoms with van der Waals surface area (Å²) in [5, 5.41) is 0. The van der Waals surface area contributed by atoms with Crippen molar-refractivity contribution in [2.45, 2.75) is 52.2 Å². The van der Waals surface area contributed by atoms with Crippen LogP contribution in [0.15, 0.2) is 0 Å². The highest BCUT2D eigenvalue weighted by atomic mass is 35.5. The lowest BCUT2D eigenvalue weighted by Crippen LogP contribution is -2.36. The van der Waals surface area contributed by atoms with Crippen molar-refractivity contribution >= 4 is 18.5 Å². The van der Waals surface area contributed by atoms with Gasteiger partial charge in [-0.2, -0.15) is 0 Å². The summed E-state index contributed by atoms with van der Waals surface area (Å²) in [7, 11) is 0. The number of nitrogens with zero attached hydrogens (tertiary/aromatic N) is 1. The maximum atomic E-state index is 11.8. The maximum absolute atomic E-state index is 11.8. The van der Waals surface area contributed by atoms with Crippen LogP contribution < -0.4 is 5.73 Å². The zero-order valence-electron chi connectivity index (χ0n) is 11.2.